The van der Waals surface area contributed by atoms with Crippen LogP contribution in [-0.2, 0) is 10.0 Å². The predicted molar refractivity (Wildman–Crippen MR) is 108 cm³/mol. The highest BCUT2D eigenvalue weighted by Gasteiger charge is 2.31. The third-order valence-corrected chi connectivity index (χ3v) is 7.12. The first-order valence-electron chi connectivity index (χ1n) is 8.81. The molecule has 0 saturated carbocycles. The summed E-state index contributed by atoms with van der Waals surface area (Å²) in [6, 6.07) is 8.86. The molecule has 10 heteroatoms. The zero-order valence-corrected chi connectivity index (χ0v) is 17.5. The highest BCUT2D eigenvalue weighted by atomic mass is 79.9. The number of carbonyl (C=O) groups excluding carboxylic acids is 1. The van der Waals surface area contributed by atoms with Crippen molar-refractivity contribution in [2.24, 2.45) is 0 Å². The van der Waals surface area contributed by atoms with E-state index in [4.69, 9.17) is 0 Å². The van der Waals surface area contributed by atoms with Crippen molar-refractivity contribution in [2.45, 2.75) is 4.90 Å². The molecule has 1 aliphatic rings. The summed E-state index contributed by atoms with van der Waals surface area (Å²) in [5.41, 5.74) is 0.742. The molecule has 3 aromatic rings. The molecule has 2 aromatic carbocycles. The Labute approximate surface area is 175 Å². The van der Waals surface area contributed by atoms with Gasteiger partial charge in [0, 0.05) is 49.1 Å². The fourth-order valence-corrected chi connectivity index (χ4v) is 5.30. The van der Waals surface area contributed by atoms with E-state index in [1.165, 1.54) is 33.7 Å². The van der Waals surface area contributed by atoms with E-state index in [1.807, 2.05) is 0 Å². The monoisotopic (exact) mass is 478 g/mol. The molecule has 7 nitrogen and oxygen atoms in total. The topological polar surface area (TPSA) is 83.5 Å². The zero-order chi connectivity index (χ0) is 20.6. The molecule has 2 heterocycles. The van der Waals surface area contributed by atoms with Crippen LogP contribution in [0.15, 0.2) is 58.2 Å². The Morgan fingerprint density at radius 1 is 1.03 bits per heavy atom. The molecule has 0 radical (unpaired) electrons. The molecule has 4 rings (SSSR count). The summed E-state index contributed by atoms with van der Waals surface area (Å²) < 4.78 is 41.6. The number of benzene rings is 2. The molecule has 1 aromatic heterocycles. The smallest absolute Gasteiger partial charge is 0.256 e. The molecule has 0 atom stereocenters. The number of hydrogen-bond acceptors (Lipinski definition) is 5. The number of carbonyl (C=O) groups is 1. The van der Waals surface area contributed by atoms with E-state index in [0.717, 1.165) is 6.07 Å². The van der Waals surface area contributed by atoms with Gasteiger partial charge in [0.05, 0.1) is 16.0 Å². The van der Waals surface area contributed by atoms with Crippen molar-refractivity contribution in [3.8, 4) is 0 Å². The largest absolute Gasteiger partial charge is 0.336 e. The molecule has 0 unspecified atom stereocenters. The second-order valence-electron chi connectivity index (χ2n) is 6.53. The number of aromatic nitrogens is 2. The molecule has 1 amide bonds. The third kappa shape index (κ3) is 3.87. The van der Waals surface area contributed by atoms with Gasteiger partial charge in [-0.05, 0) is 24.3 Å². The average molecular weight is 479 g/mol. The summed E-state index contributed by atoms with van der Waals surface area (Å²) >= 11 is 3.28. The first-order valence-corrected chi connectivity index (χ1v) is 11.0. The maximum absolute atomic E-state index is 13.9. The van der Waals surface area contributed by atoms with Crippen LogP contribution in [0.3, 0.4) is 0 Å². The SMILES string of the molecule is O=C(c1cc(F)cc2nccnc12)N1CCN(S(=O)(=O)c2cccc(Br)c2)CC1. The van der Waals surface area contributed by atoms with Crippen LogP contribution in [0.4, 0.5) is 4.39 Å². The van der Waals surface area contributed by atoms with Gasteiger partial charge in [-0.15, -0.1) is 0 Å². The van der Waals surface area contributed by atoms with Crippen LogP contribution in [0, 0.1) is 5.82 Å². The fourth-order valence-electron chi connectivity index (χ4n) is 3.28. The highest BCUT2D eigenvalue weighted by Crippen LogP contribution is 2.23. The van der Waals surface area contributed by atoms with Crippen LogP contribution in [0.2, 0.25) is 0 Å². The Hall–Kier alpha value is -2.43. The molecule has 0 spiro atoms. The van der Waals surface area contributed by atoms with E-state index >= 15 is 0 Å². The minimum Gasteiger partial charge on any atom is -0.336 e. The van der Waals surface area contributed by atoms with Gasteiger partial charge in [-0.2, -0.15) is 4.31 Å². The van der Waals surface area contributed by atoms with Crippen molar-refractivity contribution >= 4 is 42.9 Å². The number of nitrogens with zero attached hydrogens (tertiary/aromatic N) is 4. The standard InChI is InChI=1S/C19H16BrFN4O3S/c20-13-2-1-3-15(10-13)29(27,28)25-8-6-24(7-9-25)19(26)16-11-14(21)12-17-18(16)23-5-4-22-17/h1-5,10-12H,6-9H2. The van der Waals surface area contributed by atoms with Crippen molar-refractivity contribution in [3.05, 3.63) is 64.6 Å². The Morgan fingerprint density at radius 2 is 1.76 bits per heavy atom. The average Bonchev–Trinajstić information content (AvgIpc) is 2.72. The lowest BCUT2D eigenvalue weighted by atomic mass is 10.1. The number of rotatable bonds is 3. The molecule has 1 fully saturated rings. The van der Waals surface area contributed by atoms with Gasteiger partial charge in [0.2, 0.25) is 10.0 Å². The van der Waals surface area contributed by atoms with E-state index in [9.17, 15) is 17.6 Å². The Kier molecular flexibility index (Phi) is 5.32. The highest BCUT2D eigenvalue weighted by molar-refractivity contribution is 9.10. The molecule has 0 N–H and O–H groups in total. The van der Waals surface area contributed by atoms with E-state index in [1.54, 1.807) is 18.2 Å². The number of hydrogen-bond donors (Lipinski definition) is 0. The van der Waals surface area contributed by atoms with Crippen molar-refractivity contribution in [2.75, 3.05) is 26.2 Å². The van der Waals surface area contributed by atoms with E-state index in [-0.39, 0.29) is 36.6 Å². The molecule has 0 bridgehead atoms. The maximum atomic E-state index is 13.9. The van der Waals surface area contributed by atoms with Crippen LogP contribution >= 0.6 is 15.9 Å². The zero-order valence-electron chi connectivity index (χ0n) is 15.1. The van der Waals surface area contributed by atoms with Crippen LogP contribution in [0.25, 0.3) is 11.0 Å². The molecule has 29 heavy (non-hydrogen) atoms. The van der Waals surface area contributed by atoms with Gasteiger partial charge in [-0.3, -0.25) is 14.8 Å². The van der Waals surface area contributed by atoms with Crippen molar-refractivity contribution in [1.29, 1.82) is 0 Å². The maximum Gasteiger partial charge on any atom is 0.256 e. The number of fused-ring (bicyclic) bond motifs is 1. The molecule has 1 aliphatic heterocycles. The predicted octanol–water partition coefficient (Wildman–Crippen LogP) is 2.68. The summed E-state index contributed by atoms with van der Waals surface area (Å²) in [5.74, 6) is -0.966. The lowest BCUT2D eigenvalue weighted by Crippen LogP contribution is -2.50. The van der Waals surface area contributed by atoms with Crippen molar-refractivity contribution in [1.82, 2.24) is 19.2 Å². The van der Waals surface area contributed by atoms with Gasteiger partial charge in [-0.25, -0.2) is 12.8 Å². The summed E-state index contributed by atoms with van der Waals surface area (Å²) in [4.78, 5) is 22.9. The van der Waals surface area contributed by atoms with Gasteiger partial charge in [-0.1, -0.05) is 22.0 Å². The number of piperazine rings is 1. The van der Waals surface area contributed by atoms with Gasteiger partial charge in [0.1, 0.15) is 11.3 Å². The molecule has 1 saturated heterocycles. The first-order chi connectivity index (χ1) is 13.9. The van der Waals surface area contributed by atoms with Crippen LogP contribution in [0.1, 0.15) is 10.4 Å². The van der Waals surface area contributed by atoms with Crippen LogP contribution in [0.5, 0.6) is 0 Å². The van der Waals surface area contributed by atoms with E-state index in [0.29, 0.717) is 15.5 Å². The third-order valence-electron chi connectivity index (χ3n) is 4.73. The second-order valence-corrected chi connectivity index (χ2v) is 9.38. The first kappa shape index (κ1) is 19.9. The van der Waals surface area contributed by atoms with Crippen molar-refractivity contribution < 1.29 is 17.6 Å². The number of sulfonamides is 1. The Bertz CT molecular complexity index is 1200. The Morgan fingerprint density at radius 3 is 2.48 bits per heavy atom. The van der Waals surface area contributed by atoms with Crippen LogP contribution in [-0.4, -0.2) is 59.7 Å². The van der Waals surface area contributed by atoms with Gasteiger partial charge < -0.3 is 4.90 Å². The van der Waals surface area contributed by atoms with Crippen molar-refractivity contribution in [3.63, 3.8) is 0 Å². The molecule has 0 aliphatic carbocycles. The van der Waals surface area contributed by atoms with E-state index < -0.39 is 21.7 Å². The normalized spacial score (nSPS) is 15.6. The lowest BCUT2D eigenvalue weighted by molar-refractivity contribution is 0.0699. The lowest BCUT2D eigenvalue weighted by Gasteiger charge is -2.34. The van der Waals surface area contributed by atoms with Gasteiger partial charge >= 0.3 is 0 Å². The summed E-state index contributed by atoms with van der Waals surface area (Å²) in [7, 11) is -3.66. The minimum absolute atomic E-state index is 0.122. The summed E-state index contributed by atoms with van der Waals surface area (Å²) in [5, 5.41) is 0. The number of halogens is 2. The molecular formula is C19H16BrFN4O3S. The Balaban J connectivity index is 1.54. The molecular weight excluding hydrogens is 463 g/mol. The van der Waals surface area contributed by atoms with Gasteiger partial charge in [0.25, 0.3) is 5.91 Å². The summed E-state index contributed by atoms with van der Waals surface area (Å²) in [6.07, 6.45) is 2.88. The number of amides is 1. The minimum atomic E-state index is -3.66. The van der Waals surface area contributed by atoms with Gasteiger partial charge in [0.15, 0.2) is 0 Å². The fraction of sp³-hybridized carbons (Fsp3) is 0.211. The van der Waals surface area contributed by atoms with Crippen LogP contribution < -0.4 is 0 Å². The quantitative estimate of drug-likeness (QED) is 0.577. The molecule has 150 valence electrons. The summed E-state index contributed by atoms with van der Waals surface area (Å²) in [6.45, 7) is 0.702. The second kappa shape index (κ2) is 7.77. The van der Waals surface area contributed by atoms with E-state index in [2.05, 4.69) is 25.9 Å².